The Balaban J connectivity index is 1.49. The summed E-state index contributed by atoms with van der Waals surface area (Å²) in [4.78, 5) is 35.8. The van der Waals surface area contributed by atoms with Gasteiger partial charge in [-0.25, -0.2) is 4.98 Å². The van der Waals surface area contributed by atoms with Gasteiger partial charge in [-0.1, -0.05) is 6.07 Å². The molecule has 138 valence electrons. The summed E-state index contributed by atoms with van der Waals surface area (Å²) in [6, 6.07) is 10.5. The van der Waals surface area contributed by atoms with Crippen LogP contribution in [0.25, 0.3) is 10.2 Å². The molecular formula is C19H19N5O2S. The average Bonchev–Trinajstić information content (AvgIpc) is 3.20. The van der Waals surface area contributed by atoms with Gasteiger partial charge in [-0.15, -0.1) is 11.3 Å². The Kier molecular flexibility index (Phi) is 5.08. The molecule has 3 heterocycles. The number of thiazole rings is 1. The number of nitrogens with one attached hydrogen (secondary N) is 2. The van der Waals surface area contributed by atoms with E-state index >= 15 is 0 Å². The summed E-state index contributed by atoms with van der Waals surface area (Å²) in [5.74, 6) is -0.315. The second kappa shape index (κ2) is 7.81. The number of benzene rings is 1. The van der Waals surface area contributed by atoms with Crippen LogP contribution in [0.15, 0.2) is 48.1 Å². The Morgan fingerprint density at radius 2 is 2.19 bits per heavy atom. The fourth-order valence-electron chi connectivity index (χ4n) is 3.13. The van der Waals surface area contributed by atoms with E-state index in [9.17, 15) is 9.59 Å². The zero-order valence-electron chi connectivity index (χ0n) is 14.6. The summed E-state index contributed by atoms with van der Waals surface area (Å²) in [7, 11) is 0. The van der Waals surface area contributed by atoms with Gasteiger partial charge in [0.1, 0.15) is 6.04 Å². The summed E-state index contributed by atoms with van der Waals surface area (Å²) >= 11 is 1.50. The number of amides is 2. The highest BCUT2D eigenvalue weighted by Gasteiger charge is 2.32. The monoisotopic (exact) mass is 381 g/mol. The number of rotatable bonds is 4. The predicted molar refractivity (Wildman–Crippen MR) is 103 cm³/mol. The van der Waals surface area contributed by atoms with Crippen molar-refractivity contribution in [2.24, 2.45) is 0 Å². The first kappa shape index (κ1) is 17.6. The third-order valence-corrected chi connectivity index (χ3v) is 5.35. The van der Waals surface area contributed by atoms with Crippen LogP contribution in [-0.4, -0.2) is 52.4 Å². The number of nitrogens with zero attached hydrogens (tertiary/aromatic N) is 3. The Hall–Kier alpha value is -2.84. The quantitative estimate of drug-likeness (QED) is 0.714. The predicted octanol–water partition coefficient (Wildman–Crippen LogP) is 1.42. The van der Waals surface area contributed by atoms with E-state index in [4.69, 9.17) is 0 Å². The fourth-order valence-corrected chi connectivity index (χ4v) is 3.85. The number of fused-ring (bicyclic) bond motifs is 1. The maximum Gasteiger partial charge on any atom is 0.254 e. The number of hydrogen-bond donors (Lipinski definition) is 2. The van der Waals surface area contributed by atoms with Crippen LogP contribution in [0.5, 0.6) is 0 Å². The Bertz CT molecular complexity index is 959. The molecule has 1 aliphatic rings. The molecular weight excluding hydrogens is 362 g/mol. The van der Waals surface area contributed by atoms with Crippen LogP contribution in [0, 0.1) is 0 Å². The molecule has 2 aromatic heterocycles. The first-order valence-corrected chi connectivity index (χ1v) is 9.63. The van der Waals surface area contributed by atoms with Crippen molar-refractivity contribution < 1.29 is 9.59 Å². The number of piperazine rings is 1. The van der Waals surface area contributed by atoms with Crippen LogP contribution in [0.3, 0.4) is 0 Å². The Morgan fingerprint density at radius 1 is 1.26 bits per heavy atom. The molecule has 1 unspecified atom stereocenters. The van der Waals surface area contributed by atoms with Crippen LogP contribution in [0.4, 0.5) is 0 Å². The molecule has 1 aromatic carbocycles. The van der Waals surface area contributed by atoms with Gasteiger partial charge >= 0.3 is 0 Å². The molecule has 7 nitrogen and oxygen atoms in total. The summed E-state index contributed by atoms with van der Waals surface area (Å²) in [6.07, 6.45) is 1.69. The van der Waals surface area contributed by atoms with Crippen LogP contribution < -0.4 is 10.6 Å². The van der Waals surface area contributed by atoms with Crippen molar-refractivity contribution in [1.29, 1.82) is 0 Å². The van der Waals surface area contributed by atoms with E-state index < -0.39 is 6.04 Å². The first-order valence-electron chi connectivity index (χ1n) is 8.75. The lowest BCUT2D eigenvalue weighted by Crippen LogP contribution is -2.59. The van der Waals surface area contributed by atoms with Crippen molar-refractivity contribution in [1.82, 2.24) is 25.5 Å². The maximum atomic E-state index is 13.0. The van der Waals surface area contributed by atoms with Crippen LogP contribution in [-0.2, 0) is 11.3 Å². The van der Waals surface area contributed by atoms with Crippen LogP contribution in [0.1, 0.15) is 16.1 Å². The molecule has 1 fully saturated rings. The number of aromatic nitrogens is 2. The van der Waals surface area contributed by atoms with Gasteiger partial charge in [0.2, 0.25) is 5.91 Å². The molecule has 8 heteroatoms. The van der Waals surface area contributed by atoms with Crippen molar-refractivity contribution in [3.05, 3.63) is 59.4 Å². The highest BCUT2D eigenvalue weighted by atomic mass is 32.1. The molecule has 2 amide bonds. The lowest BCUT2D eigenvalue weighted by Gasteiger charge is -2.35. The van der Waals surface area contributed by atoms with Gasteiger partial charge in [-0.3, -0.25) is 14.6 Å². The van der Waals surface area contributed by atoms with Crippen molar-refractivity contribution in [3.63, 3.8) is 0 Å². The second-order valence-corrected chi connectivity index (χ2v) is 7.18. The highest BCUT2D eigenvalue weighted by Crippen LogP contribution is 2.21. The zero-order valence-corrected chi connectivity index (χ0v) is 15.4. The minimum atomic E-state index is -0.549. The van der Waals surface area contributed by atoms with E-state index in [0.29, 0.717) is 31.7 Å². The molecule has 2 N–H and O–H groups in total. The smallest absolute Gasteiger partial charge is 0.254 e. The lowest BCUT2D eigenvalue weighted by molar-refractivity contribution is -0.126. The molecule has 1 atom stereocenters. The van der Waals surface area contributed by atoms with Crippen molar-refractivity contribution in [3.8, 4) is 0 Å². The molecule has 27 heavy (non-hydrogen) atoms. The summed E-state index contributed by atoms with van der Waals surface area (Å²) in [5.41, 5.74) is 4.00. The molecule has 0 aliphatic carbocycles. The molecule has 0 saturated carbocycles. The Morgan fingerprint density at radius 3 is 3.04 bits per heavy atom. The fraction of sp³-hybridized carbons (Fsp3) is 0.263. The molecule has 3 aromatic rings. The lowest BCUT2D eigenvalue weighted by atomic mass is 10.1. The van der Waals surface area contributed by atoms with Gasteiger partial charge in [0, 0.05) is 31.4 Å². The zero-order chi connectivity index (χ0) is 18.6. The normalized spacial score (nSPS) is 17.0. The van der Waals surface area contributed by atoms with Crippen LogP contribution in [0.2, 0.25) is 0 Å². The van der Waals surface area contributed by atoms with Gasteiger partial charge in [-0.2, -0.15) is 0 Å². The number of hydrogen-bond acceptors (Lipinski definition) is 6. The van der Waals surface area contributed by atoms with E-state index in [2.05, 4.69) is 20.6 Å². The van der Waals surface area contributed by atoms with E-state index in [1.54, 1.807) is 22.7 Å². The first-order chi connectivity index (χ1) is 13.2. The van der Waals surface area contributed by atoms with Gasteiger partial charge in [0.25, 0.3) is 5.91 Å². The van der Waals surface area contributed by atoms with Crippen molar-refractivity contribution in [2.75, 3.05) is 19.6 Å². The topological polar surface area (TPSA) is 87.2 Å². The SMILES string of the molecule is O=C(NCc1ccccn1)C1CNCCN1C(=O)c1ccc2ncsc2c1. The maximum absolute atomic E-state index is 13.0. The summed E-state index contributed by atoms with van der Waals surface area (Å²) < 4.78 is 0.965. The van der Waals surface area contributed by atoms with Gasteiger partial charge in [0.05, 0.1) is 28.0 Å². The Labute approximate surface area is 160 Å². The second-order valence-electron chi connectivity index (χ2n) is 6.29. The largest absolute Gasteiger partial charge is 0.349 e. The van der Waals surface area contributed by atoms with Gasteiger partial charge < -0.3 is 15.5 Å². The minimum Gasteiger partial charge on any atom is -0.349 e. The molecule has 1 saturated heterocycles. The van der Waals surface area contributed by atoms with Gasteiger partial charge in [-0.05, 0) is 30.3 Å². The third-order valence-electron chi connectivity index (χ3n) is 4.56. The van der Waals surface area contributed by atoms with Crippen molar-refractivity contribution >= 4 is 33.4 Å². The molecule has 0 bridgehead atoms. The minimum absolute atomic E-state index is 0.134. The third kappa shape index (κ3) is 3.81. The number of carbonyl (C=O) groups is 2. The van der Waals surface area contributed by atoms with E-state index in [1.165, 1.54) is 11.3 Å². The van der Waals surface area contributed by atoms with Crippen LogP contribution >= 0.6 is 11.3 Å². The molecule has 0 spiro atoms. The standard InChI is InChI=1S/C19H19N5O2S/c25-18(22-10-14-3-1-2-6-21-14)16-11-20-7-8-24(16)19(26)13-4-5-15-17(9-13)27-12-23-15/h1-6,9,12,16,20H,7-8,10-11H2,(H,22,25). The van der Waals surface area contributed by atoms with E-state index in [-0.39, 0.29) is 11.8 Å². The van der Waals surface area contributed by atoms with Crippen molar-refractivity contribution in [2.45, 2.75) is 12.6 Å². The van der Waals surface area contributed by atoms with E-state index in [0.717, 1.165) is 15.9 Å². The number of pyridine rings is 1. The van der Waals surface area contributed by atoms with E-state index in [1.807, 2.05) is 30.3 Å². The summed E-state index contributed by atoms with van der Waals surface area (Å²) in [6.45, 7) is 1.92. The highest BCUT2D eigenvalue weighted by molar-refractivity contribution is 7.16. The average molecular weight is 381 g/mol. The van der Waals surface area contributed by atoms with Gasteiger partial charge in [0.15, 0.2) is 0 Å². The number of carbonyl (C=O) groups excluding carboxylic acids is 2. The molecule has 1 aliphatic heterocycles. The summed E-state index contributed by atoms with van der Waals surface area (Å²) in [5, 5.41) is 6.08. The molecule has 0 radical (unpaired) electrons. The molecule has 4 rings (SSSR count).